The number of carboxylic acid groups (broad SMARTS) is 1. The van der Waals surface area contributed by atoms with Gasteiger partial charge in [-0.15, -0.1) is 6.58 Å². The molecular weight excluding hydrogens is 410 g/mol. The van der Waals surface area contributed by atoms with Crippen molar-refractivity contribution in [1.82, 2.24) is 9.96 Å². The van der Waals surface area contributed by atoms with Gasteiger partial charge in [-0.3, -0.25) is 19.2 Å². The van der Waals surface area contributed by atoms with Crippen LogP contribution in [0, 0.1) is 11.8 Å². The number of amides is 2. The minimum absolute atomic E-state index is 0.0101. The summed E-state index contributed by atoms with van der Waals surface area (Å²) in [6.45, 7) is 8.01. The normalized spacial score (nSPS) is 22.7. The Morgan fingerprint density at radius 1 is 1.35 bits per heavy atom. The quantitative estimate of drug-likeness (QED) is 0.110. The lowest BCUT2D eigenvalue weighted by Crippen LogP contribution is -2.61. The SMILES string of the molecule is C=CCOC(=O)C(N)C(CN(C=O)OCC=C)C1=C(C(=O)O)N2C(=O)[C@H]([C@@H](C)O)[C@H]2C1. The standard InChI is InChI=1S/C20H27N3O8/c1-4-6-30-20(29)16(21)13(9-22(10-24)31-7-5-2)12-8-14-15(11(3)25)18(26)23(14)17(12)19(27)28/h4-5,10-11,13-16,25H,1-2,6-9,21H2,3H3,(H,27,28)/t11-,13?,14-,15-,16?/m1/s1. The number of aliphatic carboxylic acids is 1. The fraction of sp³-hybridized carbons (Fsp3) is 0.500. The fourth-order valence-electron chi connectivity index (χ4n) is 3.94. The molecule has 1 fully saturated rings. The molecule has 0 aromatic rings. The molecular formula is C20H27N3O8. The third-order valence-corrected chi connectivity index (χ3v) is 5.31. The molecule has 2 heterocycles. The Morgan fingerprint density at radius 2 is 2.00 bits per heavy atom. The summed E-state index contributed by atoms with van der Waals surface area (Å²) in [5.74, 6) is -4.52. The van der Waals surface area contributed by atoms with E-state index >= 15 is 0 Å². The second kappa shape index (κ2) is 10.3. The number of nitrogens with two attached hydrogens (primary N) is 1. The summed E-state index contributed by atoms with van der Waals surface area (Å²) in [4.78, 5) is 54.7. The van der Waals surface area contributed by atoms with Crippen molar-refractivity contribution in [2.45, 2.75) is 31.5 Å². The predicted octanol–water partition coefficient (Wildman–Crippen LogP) is -0.815. The van der Waals surface area contributed by atoms with Crippen molar-refractivity contribution in [2.75, 3.05) is 19.8 Å². The summed E-state index contributed by atoms with van der Waals surface area (Å²) in [5.41, 5.74) is 6.00. The van der Waals surface area contributed by atoms with Crippen molar-refractivity contribution < 1.29 is 39.0 Å². The van der Waals surface area contributed by atoms with Crippen molar-refractivity contribution in [3.05, 3.63) is 36.6 Å². The molecule has 0 aliphatic carbocycles. The second-order valence-electron chi connectivity index (χ2n) is 7.27. The van der Waals surface area contributed by atoms with Crippen LogP contribution < -0.4 is 5.73 Å². The Morgan fingerprint density at radius 3 is 2.52 bits per heavy atom. The van der Waals surface area contributed by atoms with Gasteiger partial charge in [0.2, 0.25) is 12.3 Å². The lowest BCUT2D eigenvalue weighted by Gasteiger charge is -2.44. The van der Waals surface area contributed by atoms with Crippen LogP contribution in [0.15, 0.2) is 36.6 Å². The summed E-state index contributed by atoms with van der Waals surface area (Å²) in [6.07, 6.45) is 2.21. The van der Waals surface area contributed by atoms with E-state index in [0.29, 0.717) is 6.41 Å². The van der Waals surface area contributed by atoms with E-state index in [4.69, 9.17) is 15.3 Å². The lowest BCUT2D eigenvalue weighted by atomic mass is 9.81. The first-order chi connectivity index (χ1) is 14.7. The van der Waals surface area contributed by atoms with Gasteiger partial charge in [-0.1, -0.05) is 18.7 Å². The number of carbonyl (C=O) groups is 4. The number of hydroxylamine groups is 2. The number of carbonyl (C=O) groups excluding carboxylic acids is 3. The molecule has 5 atom stereocenters. The monoisotopic (exact) mass is 437 g/mol. The van der Waals surface area contributed by atoms with Gasteiger partial charge in [-0.2, -0.15) is 0 Å². The first-order valence-corrected chi connectivity index (χ1v) is 9.65. The van der Waals surface area contributed by atoms with E-state index in [0.717, 1.165) is 9.96 Å². The van der Waals surface area contributed by atoms with E-state index in [1.807, 2.05) is 0 Å². The van der Waals surface area contributed by atoms with E-state index in [-0.39, 0.29) is 37.4 Å². The Bertz CT molecular complexity index is 793. The summed E-state index contributed by atoms with van der Waals surface area (Å²) >= 11 is 0. The van der Waals surface area contributed by atoms with Gasteiger partial charge < -0.3 is 25.6 Å². The number of ether oxygens (including phenoxy) is 1. The average Bonchev–Trinajstić information content (AvgIpc) is 3.06. The maximum Gasteiger partial charge on any atom is 0.352 e. The Labute approximate surface area is 179 Å². The zero-order valence-electron chi connectivity index (χ0n) is 17.2. The zero-order chi connectivity index (χ0) is 23.3. The first-order valence-electron chi connectivity index (χ1n) is 9.65. The van der Waals surface area contributed by atoms with Gasteiger partial charge in [0, 0.05) is 5.92 Å². The Balaban J connectivity index is 2.43. The molecule has 0 radical (unpaired) electrons. The molecule has 0 saturated carbocycles. The van der Waals surface area contributed by atoms with E-state index in [1.165, 1.54) is 19.1 Å². The second-order valence-corrected chi connectivity index (χ2v) is 7.27. The molecule has 2 rings (SSSR count). The number of aliphatic hydroxyl groups is 1. The van der Waals surface area contributed by atoms with Crippen LogP contribution in [0.1, 0.15) is 13.3 Å². The van der Waals surface area contributed by atoms with E-state index in [1.54, 1.807) is 0 Å². The maximum atomic E-state index is 12.5. The Hall–Kier alpha value is -3.02. The highest BCUT2D eigenvalue weighted by atomic mass is 16.7. The molecule has 2 aliphatic rings. The van der Waals surface area contributed by atoms with Crippen LogP contribution in [0.25, 0.3) is 0 Å². The third-order valence-electron chi connectivity index (χ3n) is 5.31. The number of hydrogen-bond acceptors (Lipinski definition) is 8. The van der Waals surface area contributed by atoms with Crippen molar-refractivity contribution in [2.24, 2.45) is 17.6 Å². The van der Waals surface area contributed by atoms with Crippen molar-refractivity contribution >= 4 is 24.3 Å². The first kappa shape index (κ1) is 24.3. The molecule has 11 heteroatoms. The van der Waals surface area contributed by atoms with Crippen LogP contribution in [-0.4, -0.2) is 82.4 Å². The molecule has 31 heavy (non-hydrogen) atoms. The number of nitrogens with zero attached hydrogens (tertiary/aromatic N) is 2. The minimum atomic E-state index is -1.38. The van der Waals surface area contributed by atoms with Crippen LogP contribution in [0.3, 0.4) is 0 Å². The molecule has 2 unspecified atom stereocenters. The number of esters is 1. The van der Waals surface area contributed by atoms with E-state index < -0.39 is 47.9 Å². The predicted molar refractivity (Wildman–Crippen MR) is 107 cm³/mol. The minimum Gasteiger partial charge on any atom is -0.477 e. The summed E-state index contributed by atoms with van der Waals surface area (Å²) < 4.78 is 5.00. The Kier molecular flexibility index (Phi) is 8.08. The van der Waals surface area contributed by atoms with Gasteiger partial charge in [-0.05, 0) is 18.9 Å². The highest BCUT2D eigenvalue weighted by Gasteiger charge is 2.58. The molecule has 170 valence electrons. The molecule has 0 aromatic heterocycles. The van der Waals surface area contributed by atoms with E-state index in [2.05, 4.69) is 13.2 Å². The van der Waals surface area contributed by atoms with Crippen LogP contribution >= 0.6 is 0 Å². The number of fused-ring (bicyclic) bond motifs is 1. The summed E-state index contributed by atoms with van der Waals surface area (Å²) in [7, 11) is 0. The van der Waals surface area contributed by atoms with Gasteiger partial charge in [0.1, 0.15) is 18.3 Å². The number of carboxylic acids is 1. The van der Waals surface area contributed by atoms with Gasteiger partial charge >= 0.3 is 11.9 Å². The third kappa shape index (κ3) is 4.84. The molecule has 2 amide bonds. The smallest absolute Gasteiger partial charge is 0.352 e. The largest absolute Gasteiger partial charge is 0.477 e. The molecule has 0 spiro atoms. The van der Waals surface area contributed by atoms with Gasteiger partial charge in [-0.25, -0.2) is 9.86 Å². The van der Waals surface area contributed by atoms with Gasteiger partial charge in [0.15, 0.2) is 0 Å². The topological polar surface area (TPSA) is 160 Å². The molecule has 0 bridgehead atoms. The van der Waals surface area contributed by atoms with Crippen molar-refractivity contribution in [3.8, 4) is 0 Å². The summed E-state index contributed by atoms with van der Waals surface area (Å²) in [6, 6.07) is -1.93. The number of hydrogen-bond donors (Lipinski definition) is 3. The highest BCUT2D eigenvalue weighted by molar-refractivity contribution is 6.00. The lowest BCUT2D eigenvalue weighted by molar-refractivity contribution is -0.172. The van der Waals surface area contributed by atoms with Crippen LogP contribution in [-0.2, 0) is 28.8 Å². The molecule has 0 aromatic carbocycles. The zero-order valence-corrected chi connectivity index (χ0v) is 17.2. The van der Waals surface area contributed by atoms with Crippen LogP contribution in [0.5, 0.6) is 0 Å². The number of rotatable bonds is 13. The number of aliphatic hydroxyl groups excluding tert-OH is 1. The summed E-state index contributed by atoms with van der Waals surface area (Å²) in [5, 5.41) is 20.6. The van der Waals surface area contributed by atoms with Crippen molar-refractivity contribution in [3.63, 3.8) is 0 Å². The van der Waals surface area contributed by atoms with E-state index in [9.17, 15) is 29.4 Å². The molecule has 1 saturated heterocycles. The fourth-order valence-corrected chi connectivity index (χ4v) is 3.94. The van der Waals surface area contributed by atoms with Crippen LogP contribution in [0.2, 0.25) is 0 Å². The molecule has 2 aliphatic heterocycles. The average molecular weight is 437 g/mol. The highest BCUT2D eigenvalue weighted by Crippen LogP contribution is 2.46. The van der Waals surface area contributed by atoms with Crippen LogP contribution in [0.4, 0.5) is 0 Å². The van der Waals surface area contributed by atoms with Gasteiger partial charge in [0.25, 0.3) is 0 Å². The molecule has 4 N–H and O–H groups in total. The van der Waals surface area contributed by atoms with Crippen molar-refractivity contribution in [1.29, 1.82) is 0 Å². The maximum absolute atomic E-state index is 12.5. The molecule has 11 nitrogen and oxygen atoms in total. The van der Waals surface area contributed by atoms with Gasteiger partial charge in [0.05, 0.1) is 31.2 Å². The number of β-lactam (4-membered cyclic amide) rings is 1.